The van der Waals surface area contributed by atoms with Crippen LogP contribution in [0.2, 0.25) is 0 Å². The second kappa shape index (κ2) is 4.75. The summed E-state index contributed by atoms with van der Waals surface area (Å²) in [7, 11) is 0. The Morgan fingerprint density at radius 2 is 2.27 bits per heavy atom. The molecule has 1 aromatic heterocycles. The Morgan fingerprint density at radius 3 is 2.80 bits per heavy atom. The molecular weight excluding hydrogens is 184 g/mol. The molecule has 2 rings (SSSR count). The van der Waals surface area contributed by atoms with Crippen molar-refractivity contribution < 1.29 is 0 Å². The highest BCUT2D eigenvalue weighted by Gasteiger charge is 2.32. The van der Waals surface area contributed by atoms with E-state index in [2.05, 4.69) is 30.2 Å². The molecule has 15 heavy (non-hydrogen) atoms. The maximum Gasteiger partial charge on any atom is 0.0312 e. The van der Waals surface area contributed by atoms with Gasteiger partial charge in [0.05, 0.1) is 0 Å². The molecule has 0 spiro atoms. The summed E-state index contributed by atoms with van der Waals surface area (Å²) >= 11 is 0. The van der Waals surface area contributed by atoms with Gasteiger partial charge in [-0.05, 0) is 36.3 Å². The van der Waals surface area contributed by atoms with E-state index in [4.69, 9.17) is 0 Å². The molecule has 1 unspecified atom stereocenters. The number of nitrogens with one attached hydrogen (secondary N) is 1. The van der Waals surface area contributed by atoms with Crippen molar-refractivity contribution in [2.75, 3.05) is 0 Å². The van der Waals surface area contributed by atoms with Crippen molar-refractivity contribution in [3.63, 3.8) is 0 Å². The summed E-state index contributed by atoms with van der Waals surface area (Å²) in [6, 6.07) is 4.81. The average molecular weight is 204 g/mol. The Morgan fingerprint density at radius 1 is 1.47 bits per heavy atom. The Bertz CT molecular complexity index is 289. The van der Waals surface area contributed by atoms with Gasteiger partial charge in [0.15, 0.2) is 0 Å². The highest BCUT2D eigenvalue weighted by Crippen LogP contribution is 2.35. The van der Waals surface area contributed by atoms with E-state index in [0.29, 0.717) is 6.04 Å². The summed E-state index contributed by atoms with van der Waals surface area (Å²) in [5, 5.41) is 3.66. The first-order valence-corrected chi connectivity index (χ1v) is 5.89. The molecule has 1 saturated carbocycles. The molecule has 0 bridgehead atoms. The van der Waals surface area contributed by atoms with Crippen LogP contribution in [0.1, 0.15) is 32.3 Å². The largest absolute Gasteiger partial charge is 0.309 e. The van der Waals surface area contributed by atoms with Gasteiger partial charge in [0, 0.05) is 25.0 Å². The van der Waals surface area contributed by atoms with Crippen molar-refractivity contribution in [3.8, 4) is 0 Å². The van der Waals surface area contributed by atoms with Crippen LogP contribution in [0.3, 0.4) is 0 Å². The zero-order valence-corrected chi connectivity index (χ0v) is 9.61. The van der Waals surface area contributed by atoms with Crippen LogP contribution in [0.4, 0.5) is 0 Å². The van der Waals surface area contributed by atoms with E-state index < -0.39 is 0 Å². The fourth-order valence-corrected chi connectivity index (χ4v) is 2.14. The molecule has 0 aromatic carbocycles. The van der Waals surface area contributed by atoms with Gasteiger partial charge in [-0.15, -0.1) is 0 Å². The normalized spacial score (nSPS) is 18.1. The van der Waals surface area contributed by atoms with E-state index in [1.165, 1.54) is 18.4 Å². The van der Waals surface area contributed by atoms with Crippen LogP contribution < -0.4 is 5.32 Å². The van der Waals surface area contributed by atoms with Crippen LogP contribution in [0, 0.1) is 11.8 Å². The minimum atomic E-state index is 0.685. The molecule has 1 fully saturated rings. The molecule has 1 atom stereocenters. The molecule has 0 saturated heterocycles. The van der Waals surface area contributed by atoms with Crippen molar-refractivity contribution in [1.29, 1.82) is 0 Å². The maximum absolute atomic E-state index is 4.13. The standard InChI is InChI=1S/C13H20N2/c1-10(2)13(12-5-6-12)15-9-11-4-3-7-14-8-11/h3-4,7-8,10,12-13,15H,5-6,9H2,1-2H3. The second-order valence-corrected chi connectivity index (χ2v) is 4.85. The molecule has 1 N–H and O–H groups in total. The first kappa shape index (κ1) is 10.6. The van der Waals surface area contributed by atoms with Crippen LogP contribution in [0.15, 0.2) is 24.5 Å². The van der Waals surface area contributed by atoms with Crippen molar-refractivity contribution in [2.24, 2.45) is 11.8 Å². The molecule has 1 aromatic rings. The number of nitrogens with zero attached hydrogens (tertiary/aromatic N) is 1. The summed E-state index contributed by atoms with van der Waals surface area (Å²) in [5.41, 5.74) is 1.28. The predicted molar refractivity (Wildman–Crippen MR) is 62.4 cm³/mol. The Hall–Kier alpha value is -0.890. The molecule has 82 valence electrons. The Labute approximate surface area is 92.1 Å². The SMILES string of the molecule is CC(C)C(NCc1cccnc1)C1CC1. The first-order chi connectivity index (χ1) is 7.27. The molecule has 0 amide bonds. The molecule has 1 aliphatic carbocycles. The lowest BCUT2D eigenvalue weighted by atomic mass is 9.99. The van der Waals surface area contributed by atoms with E-state index in [9.17, 15) is 0 Å². The Balaban J connectivity index is 1.85. The van der Waals surface area contributed by atoms with Crippen molar-refractivity contribution in [1.82, 2.24) is 10.3 Å². The molecule has 1 aliphatic rings. The van der Waals surface area contributed by atoms with Crippen LogP contribution >= 0.6 is 0 Å². The summed E-state index contributed by atoms with van der Waals surface area (Å²) in [6.07, 6.45) is 6.58. The molecule has 1 heterocycles. The van der Waals surface area contributed by atoms with Gasteiger partial charge in [-0.2, -0.15) is 0 Å². The molecule has 0 radical (unpaired) electrons. The fraction of sp³-hybridized carbons (Fsp3) is 0.615. The van der Waals surface area contributed by atoms with Crippen molar-refractivity contribution in [2.45, 2.75) is 39.3 Å². The van der Waals surface area contributed by atoms with Gasteiger partial charge in [0.1, 0.15) is 0 Å². The van der Waals surface area contributed by atoms with E-state index in [0.717, 1.165) is 18.4 Å². The smallest absolute Gasteiger partial charge is 0.0312 e. The van der Waals surface area contributed by atoms with E-state index in [-0.39, 0.29) is 0 Å². The number of pyridine rings is 1. The number of hydrogen-bond donors (Lipinski definition) is 1. The zero-order chi connectivity index (χ0) is 10.7. The van der Waals surface area contributed by atoms with Crippen molar-refractivity contribution >= 4 is 0 Å². The van der Waals surface area contributed by atoms with Crippen LogP contribution in [0.5, 0.6) is 0 Å². The summed E-state index contributed by atoms with van der Waals surface area (Å²) < 4.78 is 0. The van der Waals surface area contributed by atoms with E-state index >= 15 is 0 Å². The van der Waals surface area contributed by atoms with Gasteiger partial charge in [-0.25, -0.2) is 0 Å². The average Bonchev–Trinajstić information content (AvgIpc) is 3.03. The lowest BCUT2D eigenvalue weighted by molar-refractivity contribution is 0.359. The molecule has 2 heteroatoms. The minimum absolute atomic E-state index is 0.685. The summed E-state index contributed by atoms with van der Waals surface area (Å²) in [6.45, 7) is 5.56. The van der Waals surface area contributed by atoms with Crippen molar-refractivity contribution in [3.05, 3.63) is 30.1 Å². The number of rotatable bonds is 5. The highest BCUT2D eigenvalue weighted by atomic mass is 14.9. The van der Waals surface area contributed by atoms with Gasteiger partial charge < -0.3 is 5.32 Å². The predicted octanol–water partition coefficient (Wildman–Crippen LogP) is 2.61. The van der Waals surface area contributed by atoms with Gasteiger partial charge in [0.25, 0.3) is 0 Å². The topological polar surface area (TPSA) is 24.9 Å². The van der Waals surface area contributed by atoms with Gasteiger partial charge >= 0.3 is 0 Å². The van der Waals surface area contributed by atoms with Crippen LogP contribution in [-0.2, 0) is 6.54 Å². The second-order valence-electron chi connectivity index (χ2n) is 4.85. The Kier molecular flexibility index (Phi) is 3.37. The summed E-state index contributed by atoms with van der Waals surface area (Å²) in [4.78, 5) is 4.13. The van der Waals surface area contributed by atoms with Gasteiger partial charge in [-0.1, -0.05) is 19.9 Å². The third-order valence-electron chi connectivity index (χ3n) is 3.11. The van der Waals surface area contributed by atoms with Gasteiger partial charge in [-0.3, -0.25) is 4.98 Å². The monoisotopic (exact) mass is 204 g/mol. The highest BCUT2D eigenvalue weighted by molar-refractivity contribution is 5.08. The van der Waals surface area contributed by atoms with E-state index in [1.807, 2.05) is 18.5 Å². The maximum atomic E-state index is 4.13. The number of aromatic nitrogens is 1. The summed E-state index contributed by atoms with van der Waals surface area (Å²) in [5.74, 6) is 1.65. The van der Waals surface area contributed by atoms with Gasteiger partial charge in [0.2, 0.25) is 0 Å². The van der Waals surface area contributed by atoms with Crippen LogP contribution in [0.25, 0.3) is 0 Å². The van der Waals surface area contributed by atoms with Crippen LogP contribution in [-0.4, -0.2) is 11.0 Å². The molecular formula is C13H20N2. The zero-order valence-electron chi connectivity index (χ0n) is 9.61. The third kappa shape index (κ3) is 3.03. The molecule has 2 nitrogen and oxygen atoms in total. The lowest BCUT2D eigenvalue weighted by Crippen LogP contribution is -2.35. The lowest BCUT2D eigenvalue weighted by Gasteiger charge is -2.22. The first-order valence-electron chi connectivity index (χ1n) is 5.89. The van der Waals surface area contributed by atoms with E-state index in [1.54, 1.807) is 0 Å². The fourth-order valence-electron chi connectivity index (χ4n) is 2.14. The third-order valence-corrected chi connectivity index (χ3v) is 3.11. The quantitative estimate of drug-likeness (QED) is 0.797. The molecule has 0 aliphatic heterocycles. The minimum Gasteiger partial charge on any atom is -0.309 e. The number of hydrogen-bond acceptors (Lipinski definition) is 2.